The maximum atomic E-state index is 9.80. The molecule has 0 atom stereocenters. The van der Waals surface area contributed by atoms with Crippen LogP contribution in [0.3, 0.4) is 0 Å². The molecule has 1 fully saturated rings. The number of nitrogens with zero attached hydrogens (tertiary/aromatic N) is 1. The molecule has 1 rings (SSSR count). The fourth-order valence-corrected chi connectivity index (χ4v) is 1.26. The van der Waals surface area contributed by atoms with Crippen LogP contribution in [0.25, 0.3) is 0 Å². The Kier molecular flexibility index (Phi) is 2.60. The minimum absolute atomic E-state index is 0.126. The summed E-state index contributed by atoms with van der Waals surface area (Å²) in [4.78, 5) is 13.4. The molecule has 56 valence electrons. The fraction of sp³-hybridized carbons (Fsp3) is 0.857. The molecule has 0 aromatic rings. The first-order valence-corrected chi connectivity index (χ1v) is 3.58. The summed E-state index contributed by atoms with van der Waals surface area (Å²) in [7, 11) is 0. The summed E-state index contributed by atoms with van der Waals surface area (Å²) in [5.41, 5.74) is 0. The van der Waals surface area contributed by atoms with Gasteiger partial charge in [-0.05, 0) is 25.7 Å². The molecule has 0 aromatic heterocycles. The van der Waals surface area contributed by atoms with E-state index in [-0.39, 0.29) is 12.1 Å². The Balaban J connectivity index is 2.32. The number of carbonyl (C=O) groups excluding carboxylic acids is 1. The number of aliphatic hydroxyl groups excluding tert-OH is 1. The topological polar surface area (TPSA) is 49.7 Å². The van der Waals surface area contributed by atoms with Crippen LogP contribution < -0.4 is 0 Å². The number of aliphatic imine (C=N–C) groups is 1. The van der Waals surface area contributed by atoms with E-state index in [0.717, 1.165) is 25.7 Å². The molecule has 0 unspecified atom stereocenters. The zero-order chi connectivity index (χ0) is 7.40. The summed E-state index contributed by atoms with van der Waals surface area (Å²) >= 11 is 0. The second kappa shape index (κ2) is 3.49. The Bertz CT molecular complexity index is 144. The second-order valence-corrected chi connectivity index (χ2v) is 2.68. The van der Waals surface area contributed by atoms with Gasteiger partial charge in [-0.3, -0.25) is 0 Å². The molecule has 0 aromatic carbocycles. The first-order chi connectivity index (χ1) is 4.83. The quantitative estimate of drug-likeness (QED) is 0.430. The Morgan fingerprint density at radius 1 is 1.30 bits per heavy atom. The van der Waals surface area contributed by atoms with Crippen LogP contribution in [0, 0.1) is 0 Å². The summed E-state index contributed by atoms with van der Waals surface area (Å²) in [5, 5.41) is 9.05. The standard InChI is InChI=1S/C7H11NO2/c9-5-8-6-1-3-7(10)4-2-6/h6-7,10H,1-4H2. The number of isocyanates is 1. The van der Waals surface area contributed by atoms with Gasteiger partial charge in [0.05, 0.1) is 12.1 Å². The van der Waals surface area contributed by atoms with E-state index >= 15 is 0 Å². The molecule has 3 nitrogen and oxygen atoms in total. The van der Waals surface area contributed by atoms with Gasteiger partial charge in [-0.25, -0.2) is 9.79 Å². The van der Waals surface area contributed by atoms with Crippen LogP contribution in [0.1, 0.15) is 25.7 Å². The van der Waals surface area contributed by atoms with Gasteiger partial charge in [0.2, 0.25) is 6.08 Å². The molecule has 0 bridgehead atoms. The van der Waals surface area contributed by atoms with Gasteiger partial charge in [-0.2, -0.15) is 0 Å². The fourth-order valence-electron chi connectivity index (χ4n) is 1.26. The van der Waals surface area contributed by atoms with Crippen LogP contribution in [0.2, 0.25) is 0 Å². The van der Waals surface area contributed by atoms with Crippen LogP contribution >= 0.6 is 0 Å². The monoisotopic (exact) mass is 141 g/mol. The molecule has 1 aliphatic rings. The average Bonchev–Trinajstić information content (AvgIpc) is 1.95. The number of aliphatic hydroxyl groups is 1. The Morgan fingerprint density at radius 2 is 1.90 bits per heavy atom. The Labute approximate surface area is 59.8 Å². The van der Waals surface area contributed by atoms with Crippen LogP contribution in [0.5, 0.6) is 0 Å². The normalized spacial score (nSPS) is 32.9. The first kappa shape index (κ1) is 7.45. The smallest absolute Gasteiger partial charge is 0.235 e. The van der Waals surface area contributed by atoms with Crippen LogP contribution in [-0.4, -0.2) is 23.3 Å². The molecule has 0 heterocycles. The van der Waals surface area contributed by atoms with Crippen molar-refractivity contribution in [3.05, 3.63) is 0 Å². The molecule has 0 aliphatic heterocycles. The minimum Gasteiger partial charge on any atom is -0.393 e. The van der Waals surface area contributed by atoms with E-state index in [1.54, 1.807) is 6.08 Å². The summed E-state index contributed by atoms with van der Waals surface area (Å²) < 4.78 is 0. The van der Waals surface area contributed by atoms with Crippen LogP contribution in [0.4, 0.5) is 0 Å². The summed E-state index contributed by atoms with van der Waals surface area (Å²) in [6.07, 6.45) is 4.58. The van der Waals surface area contributed by atoms with Gasteiger partial charge in [-0.15, -0.1) is 0 Å². The van der Waals surface area contributed by atoms with Crippen LogP contribution in [0.15, 0.2) is 4.99 Å². The predicted octanol–water partition coefficient (Wildman–Crippen LogP) is 0.626. The predicted molar refractivity (Wildman–Crippen MR) is 36.4 cm³/mol. The molecular formula is C7H11NO2. The van der Waals surface area contributed by atoms with Gasteiger partial charge in [0.15, 0.2) is 0 Å². The Hall–Kier alpha value is -0.660. The van der Waals surface area contributed by atoms with E-state index in [1.165, 1.54) is 0 Å². The van der Waals surface area contributed by atoms with Crippen molar-refractivity contribution in [2.75, 3.05) is 0 Å². The van der Waals surface area contributed by atoms with Gasteiger partial charge in [-0.1, -0.05) is 0 Å². The molecule has 0 amide bonds. The van der Waals surface area contributed by atoms with Gasteiger partial charge in [0, 0.05) is 0 Å². The highest BCUT2D eigenvalue weighted by molar-refractivity contribution is 5.33. The number of hydrogen-bond acceptors (Lipinski definition) is 3. The molecule has 0 saturated heterocycles. The zero-order valence-corrected chi connectivity index (χ0v) is 5.79. The number of rotatable bonds is 1. The highest BCUT2D eigenvalue weighted by Gasteiger charge is 2.17. The lowest BCUT2D eigenvalue weighted by Gasteiger charge is -2.20. The number of hydrogen-bond donors (Lipinski definition) is 1. The van der Waals surface area contributed by atoms with Crippen molar-refractivity contribution in [2.45, 2.75) is 37.8 Å². The minimum atomic E-state index is -0.168. The van der Waals surface area contributed by atoms with E-state index in [4.69, 9.17) is 5.11 Å². The van der Waals surface area contributed by atoms with Gasteiger partial charge in [0.25, 0.3) is 0 Å². The van der Waals surface area contributed by atoms with Gasteiger partial charge < -0.3 is 5.11 Å². The van der Waals surface area contributed by atoms with E-state index in [0.29, 0.717) is 0 Å². The van der Waals surface area contributed by atoms with E-state index in [2.05, 4.69) is 4.99 Å². The third-order valence-corrected chi connectivity index (χ3v) is 1.90. The van der Waals surface area contributed by atoms with E-state index in [1.807, 2.05) is 0 Å². The molecule has 10 heavy (non-hydrogen) atoms. The third kappa shape index (κ3) is 1.94. The lowest BCUT2D eigenvalue weighted by Crippen LogP contribution is -2.20. The van der Waals surface area contributed by atoms with Crippen molar-refractivity contribution in [2.24, 2.45) is 4.99 Å². The SMILES string of the molecule is O=C=NC1CCC(O)CC1. The summed E-state index contributed by atoms with van der Waals surface area (Å²) in [6, 6.07) is 0.126. The summed E-state index contributed by atoms with van der Waals surface area (Å²) in [5.74, 6) is 0. The van der Waals surface area contributed by atoms with E-state index in [9.17, 15) is 4.79 Å². The molecule has 1 aliphatic carbocycles. The second-order valence-electron chi connectivity index (χ2n) is 2.68. The molecule has 0 spiro atoms. The van der Waals surface area contributed by atoms with Crippen molar-refractivity contribution in [1.29, 1.82) is 0 Å². The Morgan fingerprint density at radius 3 is 2.40 bits per heavy atom. The van der Waals surface area contributed by atoms with Crippen LogP contribution in [-0.2, 0) is 4.79 Å². The molecule has 1 saturated carbocycles. The lowest BCUT2D eigenvalue weighted by atomic mass is 9.94. The summed E-state index contributed by atoms with van der Waals surface area (Å²) in [6.45, 7) is 0. The van der Waals surface area contributed by atoms with Gasteiger partial charge in [0.1, 0.15) is 0 Å². The molecule has 0 radical (unpaired) electrons. The average molecular weight is 141 g/mol. The van der Waals surface area contributed by atoms with Crippen molar-refractivity contribution >= 4 is 6.08 Å². The van der Waals surface area contributed by atoms with Crippen molar-refractivity contribution in [1.82, 2.24) is 0 Å². The first-order valence-electron chi connectivity index (χ1n) is 3.58. The van der Waals surface area contributed by atoms with Gasteiger partial charge >= 0.3 is 0 Å². The maximum Gasteiger partial charge on any atom is 0.235 e. The van der Waals surface area contributed by atoms with Crippen molar-refractivity contribution in [3.63, 3.8) is 0 Å². The highest BCUT2D eigenvalue weighted by atomic mass is 16.3. The van der Waals surface area contributed by atoms with Crippen molar-refractivity contribution < 1.29 is 9.90 Å². The van der Waals surface area contributed by atoms with Crippen molar-refractivity contribution in [3.8, 4) is 0 Å². The third-order valence-electron chi connectivity index (χ3n) is 1.90. The highest BCUT2D eigenvalue weighted by Crippen LogP contribution is 2.20. The maximum absolute atomic E-state index is 9.80. The lowest BCUT2D eigenvalue weighted by molar-refractivity contribution is 0.123. The molecule has 1 N–H and O–H groups in total. The zero-order valence-electron chi connectivity index (χ0n) is 5.79. The molecular weight excluding hydrogens is 130 g/mol. The van der Waals surface area contributed by atoms with E-state index < -0.39 is 0 Å². The molecule has 3 heteroatoms. The largest absolute Gasteiger partial charge is 0.393 e.